The van der Waals surface area contributed by atoms with Crippen molar-refractivity contribution in [3.8, 4) is 0 Å². The van der Waals surface area contributed by atoms with Gasteiger partial charge < -0.3 is 0 Å². The SMILES string of the molecule is Fc1cccnc1CS. The Morgan fingerprint density at radius 2 is 2.44 bits per heavy atom. The summed E-state index contributed by atoms with van der Waals surface area (Å²) in [6.45, 7) is 0. The summed E-state index contributed by atoms with van der Waals surface area (Å²) in [5.41, 5.74) is 0.404. The van der Waals surface area contributed by atoms with Gasteiger partial charge in [0, 0.05) is 11.9 Å². The molecule has 0 aromatic carbocycles. The molecule has 3 heteroatoms. The predicted octanol–water partition coefficient (Wildman–Crippen LogP) is 1.65. The Labute approximate surface area is 58.3 Å². The zero-order chi connectivity index (χ0) is 6.69. The molecule has 1 rings (SSSR count). The van der Waals surface area contributed by atoms with Gasteiger partial charge in [-0.3, -0.25) is 4.98 Å². The van der Waals surface area contributed by atoms with Crippen molar-refractivity contribution in [1.82, 2.24) is 4.98 Å². The summed E-state index contributed by atoms with van der Waals surface area (Å²) in [5, 5.41) is 0. The van der Waals surface area contributed by atoms with Crippen LogP contribution in [0.1, 0.15) is 5.69 Å². The molecule has 1 aromatic heterocycles. The molecule has 0 saturated heterocycles. The molecular formula is C6H6FNS. The lowest BCUT2D eigenvalue weighted by Gasteiger charge is -1.93. The molecule has 0 saturated carbocycles. The molecule has 1 aromatic rings. The van der Waals surface area contributed by atoms with Crippen LogP contribution in [0.25, 0.3) is 0 Å². The molecule has 0 unspecified atom stereocenters. The molecule has 1 nitrogen and oxygen atoms in total. The van der Waals surface area contributed by atoms with Crippen LogP contribution in [-0.2, 0) is 5.75 Å². The van der Waals surface area contributed by atoms with Gasteiger partial charge in [-0.15, -0.1) is 0 Å². The normalized spacial score (nSPS) is 9.56. The minimum Gasteiger partial charge on any atom is -0.257 e. The second kappa shape index (κ2) is 2.82. The van der Waals surface area contributed by atoms with Gasteiger partial charge in [-0.1, -0.05) is 0 Å². The molecule has 0 fully saturated rings. The van der Waals surface area contributed by atoms with E-state index in [1.54, 1.807) is 12.3 Å². The van der Waals surface area contributed by atoms with Gasteiger partial charge in [0.2, 0.25) is 0 Å². The summed E-state index contributed by atoms with van der Waals surface area (Å²) in [6.07, 6.45) is 1.55. The largest absolute Gasteiger partial charge is 0.257 e. The molecule has 0 aliphatic rings. The Bertz CT molecular complexity index is 202. The number of rotatable bonds is 1. The zero-order valence-corrected chi connectivity index (χ0v) is 5.61. The van der Waals surface area contributed by atoms with Crippen LogP contribution in [0.5, 0.6) is 0 Å². The van der Waals surface area contributed by atoms with E-state index < -0.39 is 0 Å². The standard InChI is InChI=1S/C6H6FNS/c7-5-2-1-3-8-6(5)4-9/h1-3,9H,4H2. The Kier molecular flexibility index (Phi) is 2.05. The summed E-state index contributed by atoms with van der Waals surface area (Å²) >= 11 is 3.88. The molecule has 0 aliphatic heterocycles. The Hall–Kier alpha value is -0.570. The number of pyridine rings is 1. The number of aromatic nitrogens is 1. The van der Waals surface area contributed by atoms with Crippen LogP contribution in [0.4, 0.5) is 4.39 Å². The van der Waals surface area contributed by atoms with E-state index in [1.165, 1.54) is 6.07 Å². The van der Waals surface area contributed by atoms with E-state index in [9.17, 15) is 4.39 Å². The first-order valence-corrected chi connectivity index (χ1v) is 3.18. The average molecular weight is 143 g/mol. The van der Waals surface area contributed by atoms with Gasteiger partial charge in [-0.2, -0.15) is 12.6 Å². The molecule has 1 heterocycles. The molecule has 0 aliphatic carbocycles. The second-order valence-corrected chi connectivity index (χ2v) is 1.91. The lowest BCUT2D eigenvalue weighted by Crippen LogP contribution is -1.88. The maximum absolute atomic E-state index is 12.5. The van der Waals surface area contributed by atoms with Crippen molar-refractivity contribution in [2.75, 3.05) is 0 Å². The van der Waals surface area contributed by atoms with Gasteiger partial charge in [-0.05, 0) is 12.1 Å². The monoisotopic (exact) mass is 143 g/mol. The van der Waals surface area contributed by atoms with E-state index in [2.05, 4.69) is 17.6 Å². The van der Waals surface area contributed by atoms with E-state index in [0.717, 1.165) is 0 Å². The fraction of sp³-hybridized carbons (Fsp3) is 0.167. The molecule has 0 spiro atoms. The summed E-state index contributed by atoms with van der Waals surface area (Å²) < 4.78 is 12.5. The topological polar surface area (TPSA) is 12.9 Å². The number of hydrogen-bond donors (Lipinski definition) is 1. The quantitative estimate of drug-likeness (QED) is 0.590. The van der Waals surface area contributed by atoms with E-state index >= 15 is 0 Å². The van der Waals surface area contributed by atoms with Crippen molar-refractivity contribution in [1.29, 1.82) is 0 Å². The molecular weight excluding hydrogens is 137 g/mol. The smallest absolute Gasteiger partial charge is 0.145 e. The van der Waals surface area contributed by atoms with Crippen LogP contribution < -0.4 is 0 Å². The number of thiol groups is 1. The van der Waals surface area contributed by atoms with Gasteiger partial charge in [0.05, 0.1) is 5.69 Å². The first-order valence-electron chi connectivity index (χ1n) is 2.55. The lowest BCUT2D eigenvalue weighted by molar-refractivity contribution is 0.608. The van der Waals surface area contributed by atoms with Crippen LogP contribution in [0.2, 0.25) is 0 Å². The molecule has 0 radical (unpaired) electrons. The highest BCUT2D eigenvalue weighted by molar-refractivity contribution is 7.79. The highest BCUT2D eigenvalue weighted by Crippen LogP contribution is 2.03. The number of halogens is 1. The third-order valence-corrected chi connectivity index (χ3v) is 1.28. The number of hydrogen-bond acceptors (Lipinski definition) is 2. The van der Waals surface area contributed by atoms with Crippen molar-refractivity contribution in [2.24, 2.45) is 0 Å². The fourth-order valence-corrected chi connectivity index (χ4v) is 0.767. The van der Waals surface area contributed by atoms with E-state index in [1.807, 2.05) is 0 Å². The summed E-state index contributed by atoms with van der Waals surface area (Å²) in [4.78, 5) is 3.75. The van der Waals surface area contributed by atoms with E-state index in [-0.39, 0.29) is 5.82 Å². The third-order valence-electron chi connectivity index (χ3n) is 0.984. The lowest BCUT2D eigenvalue weighted by atomic mass is 10.4. The highest BCUT2D eigenvalue weighted by atomic mass is 32.1. The van der Waals surface area contributed by atoms with Gasteiger partial charge in [-0.25, -0.2) is 4.39 Å². The van der Waals surface area contributed by atoms with Crippen LogP contribution >= 0.6 is 12.6 Å². The predicted molar refractivity (Wildman–Crippen MR) is 36.9 cm³/mol. The Morgan fingerprint density at radius 3 is 2.89 bits per heavy atom. The van der Waals surface area contributed by atoms with Crippen LogP contribution in [0.3, 0.4) is 0 Å². The zero-order valence-electron chi connectivity index (χ0n) is 4.71. The van der Waals surface area contributed by atoms with Crippen molar-refractivity contribution in [3.63, 3.8) is 0 Å². The molecule has 0 atom stereocenters. The molecule has 0 bridgehead atoms. The second-order valence-electron chi connectivity index (χ2n) is 1.59. The van der Waals surface area contributed by atoms with E-state index in [4.69, 9.17) is 0 Å². The minimum atomic E-state index is -0.285. The van der Waals surface area contributed by atoms with Crippen molar-refractivity contribution in [2.45, 2.75) is 5.75 Å². The minimum absolute atomic E-state index is 0.285. The van der Waals surface area contributed by atoms with Crippen LogP contribution in [0.15, 0.2) is 18.3 Å². The maximum atomic E-state index is 12.5. The Morgan fingerprint density at radius 1 is 1.67 bits per heavy atom. The first kappa shape index (κ1) is 6.55. The van der Waals surface area contributed by atoms with Gasteiger partial charge in [0.25, 0.3) is 0 Å². The Balaban J connectivity index is 3.01. The van der Waals surface area contributed by atoms with Gasteiger partial charge >= 0.3 is 0 Å². The van der Waals surface area contributed by atoms with Gasteiger partial charge in [0.15, 0.2) is 0 Å². The highest BCUT2D eigenvalue weighted by Gasteiger charge is 1.96. The molecule has 0 N–H and O–H groups in total. The van der Waals surface area contributed by atoms with Crippen molar-refractivity contribution >= 4 is 12.6 Å². The van der Waals surface area contributed by atoms with Crippen LogP contribution in [-0.4, -0.2) is 4.98 Å². The molecule has 48 valence electrons. The number of nitrogens with zero attached hydrogens (tertiary/aromatic N) is 1. The average Bonchev–Trinajstić information content (AvgIpc) is 1.89. The van der Waals surface area contributed by atoms with E-state index in [0.29, 0.717) is 11.4 Å². The van der Waals surface area contributed by atoms with Crippen molar-refractivity contribution < 1.29 is 4.39 Å². The van der Waals surface area contributed by atoms with Crippen LogP contribution in [0, 0.1) is 5.82 Å². The van der Waals surface area contributed by atoms with Gasteiger partial charge in [0.1, 0.15) is 5.82 Å². The summed E-state index contributed by atoms with van der Waals surface area (Å²) in [5.74, 6) is 0.0691. The summed E-state index contributed by atoms with van der Waals surface area (Å²) in [6, 6.07) is 2.93. The third kappa shape index (κ3) is 1.42. The summed E-state index contributed by atoms with van der Waals surface area (Å²) in [7, 11) is 0. The maximum Gasteiger partial charge on any atom is 0.145 e. The van der Waals surface area contributed by atoms with Crippen molar-refractivity contribution in [3.05, 3.63) is 29.8 Å². The molecule has 0 amide bonds. The molecule has 9 heavy (non-hydrogen) atoms. The first-order chi connectivity index (χ1) is 4.34. The fourth-order valence-electron chi connectivity index (χ4n) is 0.535.